The molecular formula is C17H14Cl2N2OS. The zero-order chi connectivity index (χ0) is 16.0. The van der Waals surface area contributed by atoms with E-state index in [-0.39, 0.29) is 18.1 Å². The van der Waals surface area contributed by atoms with Gasteiger partial charge in [0.2, 0.25) is 5.91 Å². The molecule has 0 bridgehead atoms. The highest BCUT2D eigenvalue weighted by Crippen LogP contribution is 2.43. The summed E-state index contributed by atoms with van der Waals surface area (Å²) < 4.78 is 0. The van der Waals surface area contributed by atoms with Gasteiger partial charge in [0.05, 0.1) is 0 Å². The Morgan fingerprint density at radius 3 is 2.22 bits per heavy atom. The highest BCUT2D eigenvalue weighted by molar-refractivity contribution is 7.99. The molecule has 118 valence electrons. The van der Waals surface area contributed by atoms with Crippen LogP contribution >= 0.6 is 35.0 Å². The van der Waals surface area contributed by atoms with Crippen LogP contribution in [-0.4, -0.2) is 28.5 Å². The first-order valence-electron chi connectivity index (χ1n) is 7.33. The lowest BCUT2D eigenvalue weighted by atomic mass is 10.1. The molecule has 1 amide bonds. The molecule has 6 heteroatoms. The molecule has 0 N–H and O–H groups in total. The number of hydrogen-bond acceptors (Lipinski definition) is 3. The summed E-state index contributed by atoms with van der Waals surface area (Å²) in [6, 6.07) is 15.1. The molecule has 2 aromatic carbocycles. The van der Waals surface area contributed by atoms with Gasteiger partial charge in [-0.2, -0.15) is 0 Å². The molecule has 4 rings (SSSR count). The summed E-state index contributed by atoms with van der Waals surface area (Å²) in [5, 5.41) is 1.36. The standard InChI is InChI=1S/C17H14Cl2N2OS/c18-12-3-1-11(2-4-12)16-20-10-23-9-15(20)17(22)21(16)14-7-5-13(19)6-8-14/h1-8,15-16H,9-10H2/t15-,16+/m1/s1. The minimum Gasteiger partial charge on any atom is -0.290 e. The lowest BCUT2D eigenvalue weighted by molar-refractivity contribution is -0.118. The molecule has 2 atom stereocenters. The van der Waals surface area contributed by atoms with Crippen LogP contribution in [0, 0.1) is 0 Å². The van der Waals surface area contributed by atoms with Crippen molar-refractivity contribution in [2.75, 3.05) is 16.5 Å². The molecule has 0 spiro atoms. The highest BCUT2D eigenvalue weighted by atomic mass is 35.5. The van der Waals surface area contributed by atoms with Crippen molar-refractivity contribution in [1.29, 1.82) is 0 Å². The lowest BCUT2D eigenvalue weighted by Crippen LogP contribution is -2.32. The molecule has 0 aliphatic carbocycles. The van der Waals surface area contributed by atoms with Crippen LogP contribution in [0.4, 0.5) is 5.69 Å². The predicted octanol–water partition coefficient (Wildman–Crippen LogP) is 4.41. The summed E-state index contributed by atoms with van der Waals surface area (Å²) in [6.07, 6.45) is -0.0963. The molecule has 3 nitrogen and oxygen atoms in total. The summed E-state index contributed by atoms with van der Waals surface area (Å²) in [7, 11) is 0. The summed E-state index contributed by atoms with van der Waals surface area (Å²) in [6.45, 7) is 0. The van der Waals surface area contributed by atoms with Gasteiger partial charge in [-0.1, -0.05) is 35.3 Å². The first-order chi connectivity index (χ1) is 11.1. The van der Waals surface area contributed by atoms with Crippen molar-refractivity contribution < 1.29 is 4.79 Å². The van der Waals surface area contributed by atoms with E-state index in [4.69, 9.17) is 23.2 Å². The molecule has 0 aromatic heterocycles. The van der Waals surface area contributed by atoms with E-state index in [2.05, 4.69) is 4.90 Å². The maximum absolute atomic E-state index is 12.9. The van der Waals surface area contributed by atoms with Crippen LogP contribution in [0.1, 0.15) is 11.7 Å². The van der Waals surface area contributed by atoms with Gasteiger partial charge in [0.25, 0.3) is 0 Å². The van der Waals surface area contributed by atoms with Gasteiger partial charge in [0.15, 0.2) is 0 Å². The summed E-state index contributed by atoms with van der Waals surface area (Å²) in [4.78, 5) is 17.1. The molecule has 2 aromatic rings. The van der Waals surface area contributed by atoms with Gasteiger partial charge in [-0.3, -0.25) is 14.6 Å². The van der Waals surface area contributed by atoms with E-state index in [1.165, 1.54) is 0 Å². The maximum atomic E-state index is 12.9. The first kappa shape index (κ1) is 15.3. The minimum absolute atomic E-state index is 0.0589. The fourth-order valence-corrected chi connectivity index (χ4v) is 4.63. The zero-order valence-electron chi connectivity index (χ0n) is 12.2. The van der Waals surface area contributed by atoms with Crippen molar-refractivity contribution in [2.45, 2.75) is 12.2 Å². The largest absolute Gasteiger partial charge is 0.290 e. The first-order valence-corrected chi connectivity index (χ1v) is 9.24. The number of anilines is 1. The number of carbonyl (C=O) groups excluding carboxylic acids is 1. The minimum atomic E-state index is -0.0963. The van der Waals surface area contributed by atoms with E-state index in [1.807, 2.05) is 53.4 Å². The Morgan fingerprint density at radius 1 is 0.957 bits per heavy atom. The van der Waals surface area contributed by atoms with Gasteiger partial charge < -0.3 is 0 Å². The fraction of sp³-hybridized carbons (Fsp3) is 0.235. The van der Waals surface area contributed by atoms with Gasteiger partial charge in [0, 0.05) is 27.4 Å². The van der Waals surface area contributed by atoms with Crippen molar-refractivity contribution in [2.24, 2.45) is 0 Å². The molecule has 2 heterocycles. The van der Waals surface area contributed by atoms with Gasteiger partial charge in [-0.05, 0) is 42.0 Å². The third-order valence-electron chi connectivity index (χ3n) is 4.27. The number of fused-ring (bicyclic) bond motifs is 1. The van der Waals surface area contributed by atoms with Crippen molar-refractivity contribution >= 4 is 46.6 Å². The number of thioether (sulfide) groups is 1. The van der Waals surface area contributed by atoms with Crippen LogP contribution in [0.3, 0.4) is 0 Å². The maximum Gasteiger partial charge on any atom is 0.246 e. The zero-order valence-corrected chi connectivity index (χ0v) is 14.5. The number of hydrogen-bond donors (Lipinski definition) is 0. The Kier molecular flexibility index (Phi) is 4.01. The molecule has 0 unspecified atom stereocenters. The summed E-state index contributed by atoms with van der Waals surface area (Å²) >= 11 is 13.8. The molecule has 2 aliphatic rings. The van der Waals surface area contributed by atoms with E-state index in [1.54, 1.807) is 11.8 Å². The number of halogens is 2. The number of amides is 1. The number of rotatable bonds is 2. The molecule has 0 saturated carbocycles. The SMILES string of the molecule is O=C1[C@H]2CSCN2[C@H](c2ccc(Cl)cc2)N1c1ccc(Cl)cc1. The summed E-state index contributed by atoms with van der Waals surface area (Å²) in [5.41, 5.74) is 1.95. The second-order valence-corrected chi connectivity index (χ2v) is 7.51. The van der Waals surface area contributed by atoms with E-state index in [9.17, 15) is 4.79 Å². The van der Waals surface area contributed by atoms with Crippen molar-refractivity contribution in [3.63, 3.8) is 0 Å². The van der Waals surface area contributed by atoms with Crippen molar-refractivity contribution in [1.82, 2.24) is 4.90 Å². The molecule has 2 saturated heterocycles. The van der Waals surface area contributed by atoms with Crippen LogP contribution in [-0.2, 0) is 4.79 Å². The van der Waals surface area contributed by atoms with Crippen LogP contribution in [0.25, 0.3) is 0 Å². The van der Waals surface area contributed by atoms with Gasteiger partial charge in [-0.25, -0.2) is 0 Å². The van der Waals surface area contributed by atoms with Crippen LogP contribution < -0.4 is 4.90 Å². The average Bonchev–Trinajstić information content (AvgIpc) is 3.12. The third-order valence-corrected chi connectivity index (χ3v) is 5.81. The highest BCUT2D eigenvalue weighted by Gasteiger charge is 2.49. The molecule has 2 fully saturated rings. The Balaban J connectivity index is 1.79. The monoisotopic (exact) mass is 364 g/mol. The number of nitrogens with zero attached hydrogens (tertiary/aromatic N) is 2. The van der Waals surface area contributed by atoms with E-state index < -0.39 is 0 Å². The molecule has 2 aliphatic heterocycles. The molecular weight excluding hydrogens is 351 g/mol. The number of carbonyl (C=O) groups is 1. The Hall–Kier alpha value is -1.20. The predicted molar refractivity (Wildman–Crippen MR) is 96.1 cm³/mol. The van der Waals surface area contributed by atoms with Gasteiger partial charge in [-0.15, -0.1) is 11.8 Å². The Morgan fingerprint density at radius 2 is 1.57 bits per heavy atom. The average molecular weight is 365 g/mol. The topological polar surface area (TPSA) is 23.6 Å². The lowest BCUT2D eigenvalue weighted by Gasteiger charge is -2.29. The molecule has 23 heavy (non-hydrogen) atoms. The Labute approximate surface area is 149 Å². The smallest absolute Gasteiger partial charge is 0.246 e. The van der Waals surface area contributed by atoms with Crippen LogP contribution in [0.15, 0.2) is 48.5 Å². The summed E-state index contributed by atoms with van der Waals surface area (Å²) in [5.74, 6) is 1.85. The van der Waals surface area contributed by atoms with E-state index in [0.717, 1.165) is 22.9 Å². The third kappa shape index (κ3) is 2.64. The van der Waals surface area contributed by atoms with Crippen LogP contribution in [0.5, 0.6) is 0 Å². The second kappa shape index (κ2) is 6.02. The number of benzene rings is 2. The van der Waals surface area contributed by atoms with E-state index >= 15 is 0 Å². The van der Waals surface area contributed by atoms with Crippen LogP contribution in [0.2, 0.25) is 10.0 Å². The second-order valence-electron chi connectivity index (χ2n) is 5.64. The molecule has 0 radical (unpaired) electrons. The quantitative estimate of drug-likeness (QED) is 0.788. The van der Waals surface area contributed by atoms with Gasteiger partial charge >= 0.3 is 0 Å². The van der Waals surface area contributed by atoms with Crippen molar-refractivity contribution in [3.05, 3.63) is 64.1 Å². The van der Waals surface area contributed by atoms with Gasteiger partial charge in [0.1, 0.15) is 12.2 Å². The normalized spacial score (nSPS) is 24.3. The fourth-order valence-electron chi connectivity index (χ4n) is 3.18. The Bertz CT molecular complexity index is 735. The van der Waals surface area contributed by atoms with E-state index in [0.29, 0.717) is 10.0 Å². The van der Waals surface area contributed by atoms with Crippen molar-refractivity contribution in [3.8, 4) is 0 Å².